The Kier molecular flexibility index (Phi) is 12.2. The minimum absolute atomic E-state index is 0.236. The number of benzene rings is 1. The van der Waals surface area contributed by atoms with Gasteiger partial charge in [0.15, 0.2) is 0 Å². The van der Waals surface area contributed by atoms with Crippen LogP contribution in [0, 0.1) is 0 Å². The van der Waals surface area contributed by atoms with Gasteiger partial charge in [0.25, 0.3) is 0 Å². The Balaban J connectivity index is 0.000000491. The Labute approximate surface area is 215 Å². The van der Waals surface area contributed by atoms with Crippen molar-refractivity contribution in [1.82, 2.24) is 9.88 Å². The van der Waals surface area contributed by atoms with Crippen LogP contribution in [0.15, 0.2) is 48.0 Å². The predicted molar refractivity (Wildman–Crippen MR) is 149 cm³/mol. The molecule has 0 atom stereocenters. The lowest BCUT2D eigenvalue weighted by Gasteiger charge is -2.36. The van der Waals surface area contributed by atoms with Gasteiger partial charge in [0.1, 0.15) is 5.83 Å². The van der Waals surface area contributed by atoms with Crippen LogP contribution in [0.25, 0.3) is 16.5 Å². The minimum Gasteiger partial charge on any atom is -0.390 e. The van der Waals surface area contributed by atoms with Crippen molar-refractivity contribution >= 4 is 22.3 Å². The van der Waals surface area contributed by atoms with Gasteiger partial charge in [-0.1, -0.05) is 40.3 Å². The molecule has 36 heavy (non-hydrogen) atoms. The van der Waals surface area contributed by atoms with Gasteiger partial charge in [-0.15, -0.1) is 0 Å². The quantitative estimate of drug-likeness (QED) is 0.292. The van der Waals surface area contributed by atoms with E-state index in [0.29, 0.717) is 18.7 Å². The van der Waals surface area contributed by atoms with Gasteiger partial charge in [0, 0.05) is 50.0 Å². The summed E-state index contributed by atoms with van der Waals surface area (Å²) in [5.41, 5.74) is 9.62. The third kappa shape index (κ3) is 8.50. The van der Waals surface area contributed by atoms with Crippen molar-refractivity contribution in [2.75, 3.05) is 26.3 Å². The van der Waals surface area contributed by atoms with Crippen molar-refractivity contribution < 1.29 is 14.2 Å². The Morgan fingerprint density at radius 2 is 1.94 bits per heavy atom. The number of hydrogen-bond donors (Lipinski definition) is 2. The summed E-state index contributed by atoms with van der Waals surface area (Å²) >= 11 is 0. The molecule has 2 aliphatic heterocycles. The van der Waals surface area contributed by atoms with Crippen molar-refractivity contribution in [3.63, 3.8) is 0 Å². The van der Waals surface area contributed by atoms with Crippen LogP contribution < -0.4 is 5.73 Å². The monoisotopic (exact) mass is 498 g/mol. The van der Waals surface area contributed by atoms with Crippen molar-refractivity contribution in [2.24, 2.45) is 10.7 Å². The number of nitrogens with two attached hydrogens (primary N) is 1. The topological polar surface area (TPSA) is 84.0 Å². The van der Waals surface area contributed by atoms with Gasteiger partial charge in [-0.05, 0) is 60.9 Å². The van der Waals surface area contributed by atoms with Crippen LogP contribution in [0.4, 0.5) is 4.39 Å². The highest BCUT2D eigenvalue weighted by Gasteiger charge is 2.25. The van der Waals surface area contributed by atoms with Gasteiger partial charge < -0.3 is 15.6 Å². The van der Waals surface area contributed by atoms with Crippen LogP contribution in [0.5, 0.6) is 0 Å². The summed E-state index contributed by atoms with van der Waals surface area (Å²) in [5.74, 6) is 0.0440. The number of pyridine rings is 1. The first-order valence-corrected chi connectivity index (χ1v) is 13.0. The van der Waals surface area contributed by atoms with E-state index >= 15 is 0 Å². The van der Waals surface area contributed by atoms with Gasteiger partial charge >= 0.3 is 0 Å². The number of aliphatic imine (C=N–C) groups is 1. The molecular formula is C29H43FN4O2. The first-order valence-electron chi connectivity index (χ1n) is 13.0. The maximum absolute atomic E-state index is 14.4. The zero-order valence-electron chi connectivity index (χ0n) is 22.6. The molecular weight excluding hydrogens is 455 g/mol. The Morgan fingerprint density at radius 3 is 2.44 bits per heavy atom. The lowest BCUT2D eigenvalue weighted by Crippen LogP contribution is -2.49. The van der Waals surface area contributed by atoms with Crippen LogP contribution >= 0.6 is 0 Å². The Morgan fingerprint density at radius 1 is 1.28 bits per heavy atom. The molecule has 3 N–H and O–H groups in total. The summed E-state index contributed by atoms with van der Waals surface area (Å²) in [6.07, 6.45) is 6.70. The number of hydrogen-bond acceptors (Lipinski definition) is 5. The molecule has 1 aromatic heterocycles. The predicted octanol–water partition coefficient (Wildman–Crippen LogP) is 5.95. The van der Waals surface area contributed by atoms with Crippen LogP contribution in [0.1, 0.15) is 76.5 Å². The van der Waals surface area contributed by atoms with E-state index in [-0.39, 0.29) is 23.4 Å². The molecule has 0 aliphatic carbocycles. The molecule has 0 spiro atoms. The standard InChI is InChI=1S/C22H27FN4O.C5H10O.C2H6/c1-13(2)22-17(10-27-11-18(28)12-27)8-26-21-6-5-16(7-19(21)22)14(3)20(23)9-25-15(4)24;1-2-4-6-5-3-1;1-2/h5-9,13,18,28H,3,10-12H2,1-2,4H3,(H2,24,25);1-5H2;1-2H3/b20-9+;;. The third-order valence-corrected chi connectivity index (χ3v) is 6.00. The van der Waals surface area contributed by atoms with Crippen LogP contribution in [0.2, 0.25) is 0 Å². The second-order valence-corrected chi connectivity index (χ2v) is 9.33. The van der Waals surface area contributed by atoms with E-state index in [2.05, 4.69) is 35.3 Å². The van der Waals surface area contributed by atoms with Crippen molar-refractivity contribution in [3.05, 3.63) is 59.7 Å². The molecule has 2 aliphatic rings. The maximum Gasteiger partial charge on any atom is 0.148 e. The van der Waals surface area contributed by atoms with E-state index < -0.39 is 5.83 Å². The molecule has 6 nitrogen and oxygen atoms in total. The lowest BCUT2D eigenvalue weighted by molar-refractivity contribution is -0.00305. The second-order valence-electron chi connectivity index (χ2n) is 9.33. The Hall–Kier alpha value is -2.61. The average Bonchev–Trinajstić information content (AvgIpc) is 2.87. The van der Waals surface area contributed by atoms with Gasteiger partial charge in [0.2, 0.25) is 0 Å². The molecule has 2 aromatic rings. The van der Waals surface area contributed by atoms with Crippen molar-refractivity contribution in [3.8, 4) is 0 Å². The first-order chi connectivity index (χ1) is 17.3. The highest BCUT2D eigenvalue weighted by molar-refractivity contribution is 5.89. The Bertz CT molecular complexity index is 1040. The number of β-amino-alcohol motifs (C(OH)–C–C–N with tert-alkyl or cyclic N) is 1. The number of amidine groups is 1. The molecule has 0 unspecified atom stereocenters. The second kappa shape index (κ2) is 14.8. The fraction of sp³-hybridized carbons (Fsp3) is 0.517. The molecule has 0 amide bonds. The number of aliphatic hydroxyl groups is 1. The molecule has 0 bridgehead atoms. The normalized spacial score (nSPS) is 17.1. The van der Waals surface area contributed by atoms with Gasteiger partial charge in [0.05, 0.1) is 23.7 Å². The van der Waals surface area contributed by atoms with Gasteiger partial charge in [-0.25, -0.2) is 9.38 Å². The number of fused-ring (bicyclic) bond motifs is 1. The zero-order valence-corrected chi connectivity index (χ0v) is 22.6. The molecule has 198 valence electrons. The van der Waals surface area contributed by atoms with Gasteiger partial charge in [-0.2, -0.15) is 0 Å². The van der Waals surface area contributed by atoms with E-state index in [9.17, 15) is 9.50 Å². The van der Waals surface area contributed by atoms with E-state index in [1.165, 1.54) is 24.8 Å². The summed E-state index contributed by atoms with van der Waals surface area (Å²) in [5, 5.41) is 10.5. The highest BCUT2D eigenvalue weighted by Crippen LogP contribution is 2.32. The SMILES string of the molecule is C1CCOCC1.C=C(/C(F)=C\N=C(C)N)c1ccc2ncc(CN3CC(O)C3)c(C(C)C)c2c1.CC. The fourth-order valence-electron chi connectivity index (χ4n) is 4.22. The van der Waals surface area contributed by atoms with E-state index in [4.69, 9.17) is 10.5 Å². The number of likely N-dealkylation sites (tertiary alicyclic amines) is 1. The molecule has 0 saturated carbocycles. The molecule has 2 saturated heterocycles. The van der Waals surface area contributed by atoms with Gasteiger partial charge in [-0.3, -0.25) is 9.88 Å². The highest BCUT2D eigenvalue weighted by atomic mass is 19.1. The molecule has 2 fully saturated rings. The van der Waals surface area contributed by atoms with Crippen molar-refractivity contribution in [2.45, 2.75) is 72.4 Å². The summed E-state index contributed by atoms with van der Waals surface area (Å²) in [7, 11) is 0. The first kappa shape index (κ1) is 29.6. The molecule has 3 heterocycles. The lowest BCUT2D eigenvalue weighted by atomic mass is 9.91. The third-order valence-electron chi connectivity index (χ3n) is 6.00. The molecule has 0 radical (unpaired) electrons. The summed E-state index contributed by atoms with van der Waals surface area (Å²) in [6.45, 7) is 17.9. The van der Waals surface area contributed by atoms with Crippen LogP contribution in [0.3, 0.4) is 0 Å². The molecule has 7 heteroatoms. The average molecular weight is 499 g/mol. The number of nitrogens with zero attached hydrogens (tertiary/aromatic N) is 3. The van der Waals surface area contributed by atoms with E-state index in [1.54, 1.807) is 6.92 Å². The summed E-state index contributed by atoms with van der Waals surface area (Å²) in [6, 6.07) is 5.66. The number of rotatable bonds is 6. The van der Waals surface area contributed by atoms with E-state index in [1.807, 2.05) is 38.2 Å². The zero-order chi connectivity index (χ0) is 26.7. The largest absolute Gasteiger partial charge is 0.390 e. The summed E-state index contributed by atoms with van der Waals surface area (Å²) < 4.78 is 19.5. The fourth-order valence-corrected chi connectivity index (χ4v) is 4.22. The maximum atomic E-state index is 14.4. The number of allylic oxidation sites excluding steroid dienone is 2. The van der Waals surface area contributed by atoms with E-state index in [0.717, 1.165) is 42.4 Å². The smallest absolute Gasteiger partial charge is 0.148 e. The minimum atomic E-state index is -0.520. The van der Waals surface area contributed by atoms with Crippen LogP contribution in [-0.4, -0.2) is 53.2 Å². The number of aliphatic hydroxyl groups excluding tert-OH is 1. The number of halogens is 1. The van der Waals surface area contributed by atoms with Crippen LogP contribution in [-0.2, 0) is 11.3 Å². The number of ether oxygens (including phenoxy) is 1. The summed E-state index contributed by atoms with van der Waals surface area (Å²) in [4.78, 5) is 10.6. The van der Waals surface area contributed by atoms with Crippen molar-refractivity contribution in [1.29, 1.82) is 0 Å². The molecule has 4 rings (SSSR count). The molecule has 1 aromatic carbocycles. The number of aromatic nitrogens is 1.